The molecule has 2 aromatic rings. The van der Waals surface area contributed by atoms with Gasteiger partial charge in [0.2, 0.25) is 6.79 Å². The van der Waals surface area contributed by atoms with Crippen LogP contribution in [-0.4, -0.2) is 36.2 Å². The number of para-hydroxylation sites is 1. The van der Waals surface area contributed by atoms with Gasteiger partial charge in [-0.1, -0.05) is 18.2 Å². The molecule has 0 aromatic heterocycles. The van der Waals surface area contributed by atoms with Crippen LogP contribution in [0.25, 0.3) is 6.08 Å². The first kappa shape index (κ1) is 19.4. The molecule has 0 unspecified atom stereocenters. The fourth-order valence-corrected chi connectivity index (χ4v) is 3.45. The van der Waals surface area contributed by atoms with Crippen molar-refractivity contribution in [3.8, 4) is 11.5 Å². The molecule has 2 aliphatic rings. The lowest BCUT2D eigenvalue weighted by atomic mass is 10.1. The average molecular weight is 410 g/mol. The molecule has 2 aromatic carbocycles. The van der Waals surface area contributed by atoms with Crippen molar-refractivity contribution in [2.75, 3.05) is 18.2 Å². The molecule has 9 nitrogen and oxygen atoms in total. The summed E-state index contributed by atoms with van der Waals surface area (Å²) in [6, 6.07) is 10.2. The number of ether oxygens (including phenoxy) is 3. The maximum atomic E-state index is 12.7. The lowest BCUT2D eigenvalue weighted by molar-refractivity contribution is -0.385. The minimum Gasteiger partial charge on any atom is -0.454 e. The molecule has 0 fully saturated rings. The fourth-order valence-electron chi connectivity index (χ4n) is 3.45. The van der Waals surface area contributed by atoms with E-state index in [0.717, 1.165) is 23.7 Å². The summed E-state index contributed by atoms with van der Waals surface area (Å²) < 4.78 is 15.6. The monoisotopic (exact) mass is 410 g/mol. The fraction of sp³-hybridized carbons (Fsp3) is 0.238. The molecule has 2 heterocycles. The standard InChI is InChI=1S/C21H18N2O7/c1-13(21(25)22-9-8-14-4-2-3-5-16(14)22)30-20(24)7-6-15-10-18-19(29-12-28-18)11-17(15)23(26)27/h2-7,10-11,13H,8-9,12H2,1H3/b7-6+/t13-/m0/s1. The smallest absolute Gasteiger partial charge is 0.331 e. The van der Waals surface area contributed by atoms with E-state index in [-0.39, 0.29) is 29.7 Å². The van der Waals surface area contributed by atoms with E-state index >= 15 is 0 Å². The molecule has 1 atom stereocenters. The molecule has 9 heteroatoms. The molecule has 30 heavy (non-hydrogen) atoms. The van der Waals surface area contributed by atoms with Crippen molar-refractivity contribution >= 4 is 29.3 Å². The highest BCUT2D eigenvalue weighted by atomic mass is 16.7. The molecule has 0 saturated carbocycles. The van der Waals surface area contributed by atoms with Crippen molar-refractivity contribution in [3.05, 3.63) is 63.7 Å². The Morgan fingerprint density at radius 1 is 1.23 bits per heavy atom. The van der Waals surface area contributed by atoms with Gasteiger partial charge < -0.3 is 19.1 Å². The summed E-state index contributed by atoms with van der Waals surface area (Å²) in [5.74, 6) is -0.484. The number of anilines is 1. The number of hydrogen-bond acceptors (Lipinski definition) is 7. The van der Waals surface area contributed by atoms with Crippen LogP contribution in [0.15, 0.2) is 42.5 Å². The number of nitro groups is 1. The van der Waals surface area contributed by atoms with Crippen LogP contribution in [0.1, 0.15) is 18.1 Å². The summed E-state index contributed by atoms with van der Waals surface area (Å²) in [4.78, 5) is 37.2. The minimum absolute atomic E-state index is 0.0268. The van der Waals surface area contributed by atoms with Gasteiger partial charge in [0.05, 0.1) is 16.6 Å². The van der Waals surface area contributed by atoms with Gasteiger partial charge in [-0.05, 0) is 37.1 Å². The molecule has 2 aliphatic heterocycles. The Morgan fingerprint density at radius 2 is 1.97 bits per heavy atom. The molecular weight excluding hydrogens is 392 g/mol. The van der Waals surface area contributed by atoms with Gasteiger partial charge in [-0.3, -0.25) is 14.9 Å². The average Bonchev–Trinajstić information content (AvgIpc) is 3.37. The molecule has 0 spiro atoms. The molecule has 4 rings (SSSR count). The van der Waals surface area contributed by atoms with E-state index in [4.69, 9.17) is 14.2 Å². The summed E-state index contributed by atoms with van der Waals surface area (Å²) in [5.41, 5.74) is 1.81. The summed E-state index contributed by atoms with van der Waals surface area (Å²) in [5, 5.41) is 11.3. The zero-order valence-corrected chi connectivity index (χ0v) is 16.1. The molecule has 0 bridgehead atoms. The van der Waals surface area contributed by atoms with Crippen LogP contribution in [0.3, 0.4) is 0 Å². The minimum atomic E-state index is -1.000. The van der Waals surface area contributed by atoms with E-state index < -0.39 is 17.0 Å². The predicted octanol–water partition coefficient (Wildman–Crippen LogP) is 2.86. The molecule has 0 radical (unpaired) electrons. The molecule has 0 saturated heterocycles. The van der Waals surface area contributed by atoms with E-state index in [9.17, 15) is 19.7 Å². The summed E-state index contributed by atoms with van der Waals surface area (Å²) >= 11 is 0. The topological polar surface area (TPSA) is 108 Å². The Kier molecular flexibility index (Phi) is 5.09. The van der Waals surface area contributed by atoms with Crippen molar-refractivity contribution in [2.45, 2.75) is 19.4 Å². The second-order valence-electron chi connectivity index (χ2n) is 6.80. The maximum absolute atomic E-state index is 12.7. The van der Waals surface area contributed by atoms with E-state index in [1.807, 2.05) is 24.3 Å². The zero-order valence-electron chi connectivity index (χ0n) is 16.1. The van der Waals surface area contributed by atoms with Crippen LogP contribution < -0.4 is 14.4 Å². The van der Waals surface area contributed by atoms with Crippen LogP contribution >= 0.6 is 0 Å². The second kappa shape index (κ2) is 7.86. The molecule has 154 valence electrons. The van der Waals surface area contributed by atoms with E-state index in [1.54, 1.807) is 4.90 Å². The highest BCUT2D eigenvalue weighted by Crippen LogP contribution is 2.38. The third-order valence-electron chi connectivity index (χ3n) is 4.91. The van der Waals surface area contributed by atoms with Crippen molar-refractivity contribution in [2.24, 2.45) is 0 Å². The molecular formula is C21H18N2O7. The van der Waals surface area contributed by atoms with E-state index in [1.165, 1.54) is 25.1 Å². The first-order valence-electron chi connectivity index (χ1n) is 9.30. The third kappa shape index (κ3) is 3.69. The van der Waals surface area contributed by atoms with E-state index in [0.29, 0.717) is 12.3 Å². The van der Waals surface area contributed by atoms with Crippen molar-refractivity contribution < 1.29 is 28.7 Å². The number of nitrogens with zero attached hydrogens (tertiary/aromatic N) is 2. The zero-order chi connectivity index (χ0) is 21.3. The van der Waals surface area contributed by atoms with Gasteiger partial charge in [-0.15, -0.1) is 0 Å². The van der Waals surface area contributed by atoms with Gasteiger partial charge in [-0.2, -0.15) is 0 Å². The number of carbonyl (C=O) groups is 2. The van der Waals surface area contributed by atoms with Gasteiger partial charge in [0.25, 0.3) is 11.6 Å². The number of rotatable bonds is 5. The highest BCUT2D eigenvalue weighted by molar-refractivity contribution is 6.00. The first-order valence-corrected chi connectivity index (χ1v) is 9.30. The third-order valence-corrected chi connectivity index (χ3v) is 4.91. The van der Waals surface area contributed by atoms with Gasteiger partial charge in [-0.25, -0.2) is 4.79 Å². The van der Waals surface area contributed by atoms with Gasteiger partial charge in [0, 0.05) is 18.3 Å². The number of nitro benzene ring substituents is 1. The normalized spacial score (nSPS) is 15.2. The Hall–Kier alpha value is -3.88. The largest absolute Gasteiger partial charge is 0.454 e. The van der Waals surface area contributed by atoms with Crippen LogP contribution in [-0.2, 0) is 20.7 Å². The number of amides is 1. The van der Waals surface area contributed by atoms with Crippen LogP contribution in [0.4, 0.5) is 11.4 Å². The molecule has 1 amide bonds. The Bertz CT molecular complexity index is 1060. The molecule has 0 aliphatic carbocycles. The maximum Gasteiger partial charge on any atom is 0.331 e. The van der Waals surface area contributed by atoms with Gasteiger partial charge >= 0.3 is 5.97 Å². The number of hydrogen-bond donors (Lipinski definition) is 0. The SMILES string of the molecule is C[C@H](OC(=O)/C=C/c1cc2c(cc1[N+](=O)[O-])OCO2)C(=O)N1CCc2ccccc21. The second-order valence-corrected chi connectivity index (χ2v) is 6.80. The van der Waals surface area contributed by atoms with Crippen LogP contribution in [0.5, 0.6) is 11.5 Å². The van der Waals surface area contributed by atoms with Crippen LogP contribution in [0, 0.1) is 10.1 Å². The lowest BCUT2D eigenvalue weighted by Gasteiger charge is -2.21. The number of benzene rings is 2. The van der Waals surface area contributed by atoms with Crippen molar-refractivity contribution in [1.29, 1.82) is 0 Å². The number of esters is 1. The van der Waals surface area contributed by atoms with Crippen molar-refractivity contribution in [1.82, 2.24) is 0 Å². The Morgan fingerprint density at radius 3 is 2.73 bits per heavy atom. The Labute approximate surface area is 171 Å². The summed E-state index contributed by atoms with van der Waals surface area (Å²) in [6.45, 7) is 2.00. The Balaban J connectivity index is 1.44. The summed E-state index contributed by atoms with van der Waals surface area (Å²) in [6.07, 6.45) is 2.05. The number of fused-ring (bicyclic) bond motifs is 2. The lowest BCUT2D eigenvalue weighted by Crippen LogP contribution is -2.38. The predicted molar refractivity (Wildman–Crippen MR) is 106 cm³/mol. The van der Waals surface area contributed by atoms with E-state index in [2.05, 4.69) is 0 Å². The van der Waals surface area contributed by atoms with Gasteiger partial charge in [0.1, 0.15) is 0 Å². The highest BCUT2D eigenvalue weighted by Gasteiger charge is 2.29. The first-order chi connectivity index (χ1) is 14.4. The quantitative estimate of drug-likeness (QED) is 0.323. The number of carbonyl (C=O) groups excluding carboxylic acids is 2. The summed E-state index contributed by atoms with van der Waals surface area (Å²) in [7, 11) is 0. The van der Waals surface area contributed by atoms with Crippen molar-refractivity contribution in [3.63, 3.8) is 0 Å². The van der Waals surface area contributed by atoms with Gasteiger partial charge in [0.15, 0.2) is 17.6 Å². The van der Waals surface area contributed by atoms with Crippen LogP contribution in [0.2, 0.25) is 0 Å². The molecule has 0 N–H and O–H groups in total.